The van der Waals surface area contributed by atoms with Crippen molar-refractivity contribution in [2.24, 2.45) is 9.98 Å². The van der Waals surface area contributed by atoms with Crippen LogP contribution in [0.15, 0.2) is 71.7 Å². The quantitative estimate of drug-likeness (QED) is 0.0758. The average Bonchev–Trinajstić information content (AvgIpc) is 2.97. The van der Waals surface area contributed by atoms with Gasteiger partial charge < -0.3 is 7.43 Å². The number of aryl methyl sites for hydroxylation is 8. The molecule has 3 aromatic carbocycles. The standard InChI is InChI=1S/C31H38N2.C2H6.C2H4.CH2Cl2.CH3.ClH.Pd/c1-9-28(32-30-23(5)16-21(3)17-24(30)6)29(15-14-27-12-10-20(2)11-13-27)33-31-25(7)18-22(4)19-26(31)8;2*1-2;2-1-3;;;/h10-13,16-19H,9,14-15H2,1-8H3;1-2H3;1-2H2;1H2;1H3;1H;/q;;;;-1;;+2/p-1. The Morgan fingerprint density at radius 3 is 1.30 bits per heavy atom. The van der Waals surface area contributed by atoms with Crippen molar-refractivity contribution in [3.8, 4) is 0 Å². The van der Waals surface area contributed by atoms with Crippen molar-refractivity contribution in [3.63, 3.8) is 0 Å². The number of halogens is 3. The topological polar surface area (TPSA) is 24.7 Å². The normalized spacial score (nSPS) is 10.3. The Morgan fingerprint density at radius 1 is 0.651 bits per heavy atom. The van der Waals surface area contributed by atoms with Crippen LogP contribution in [0.1, 0.15) is 78.1 Å². The van der Waals surface area contributed by atoms with Gasteiger partial charge in [0.1, 0.15) is 0 Å². The second-order valence-corrected chi connectivity index (χ2v) is 10.4. The Balaban J connectivity index is -0.00000145. The van der Waals surface area contributed by atoms with Gasteiger partial charge in [-0.25, -0.2) is 0 Å². The fourth-order valence-electron chi connectivity index (χ4n) is 4.60. The Morgan fingerprint density at radius 2 is 0.977 bits per heavy atom. The maximum absolute atomic E-state index is 5.26. The molecule has 0 saturated carbocycles. The van der Waals surface area contributed by atoms with Gasteiger partial charge in [0.05, 0.1) is 28.1 Å². The van der Waals surface area contributed by atoms with Crippen LogP contribution in [0.3, 0.4) is 0 Å². The summed E-state index contributed by atoms with van der Waals surface area (Å²) in [5.74, 6) is 0. The van der Waals surface area contributed by atoms with Gasteiger partial charge in [-0.05, 0) is 95.5 Å². The predicted octanol–water partition coefficient (Wildman–Crippen LogP) is 13.1. The van der Waals surface area contributed by atoms with E-state index in [0.29, 0.717) is 0 Å². The Hall–Kier alpha value is -1.73. The molecule has 242 valence electrons. The van der Waals surface area contributed by atoms with E-state index >= 15 is 0 Å². The van der Waals surface area contributed by atoms with Crippen LogP contribution in [0.5, 0.6) is 0 Å². The number of rotatable bonds is 7. The van der Waals surface area contributed by atoms with Crippen molar-refractivity contribution < 1.29 is 18.2 Å². The van der Waals surface area contributed by atoms with Gasteiger partial charge in [-0.1, -0.05) is 86.0 Å². The second kappa shape index (κ2) is 26.7. The third kappa shape index (κ3) is 16.8. The molecular weight excluding hydrogens is 685 g/mol. The number of hydrogen-bond acceptors (Lipinski definition) is 2. The molecule has 3 aromatic rings. The molecule has 43 heavy (non-hydrogen) atoms. The van der Waals surface area contributed by atoms with Crippen LogP contribution in [0.25, 0.3) is 0 Å². The summed E-state index contributed by atoms with van der Waals surface area (Å²) >= 11 is 11.8. The number of nitrogens with zero attached hydrogens (tertiary/aromatic N) is 2. The number of hydrogen-bond donors (Lipinski definition) is 0. The van der Waals surface area contributed by atoms with E-state index in [0.717, 1.165) is 42.1 Å². The molecule has 0 radical (unpaired) electrons. The molecule has 0 spiro atoms. The molecule has 0 heterocycles. The second-order valence-electron chi connectivity index (χ2n) is 9.55. The molecule has 0 atom stereocenters. The summed E-state index contributed by atoms with van der Waals surface area (Å²) in [7, 11) is 4.49. The van der Waals surface area contributed by atoms with Crippen molar-refractivity contribution in [1.82, 2.24) is 0 Å². The molecule has 0 aliphatic carbocycles. The summed E-state index contributed by atoms with van der Waals surface area (Å²) in [4.78, 5) is 10.5. The van der Waals surface area contributed by atoms with Gasteiger partial charge in [0.2, 0.25) is 0 Å². The fraction of sp³-hybridized carbons (Fsp3) is 0.378. The molecule has 0 unspecified atom stereocenters. The van der Waals surface area contributed by atoms with Crippen LogP contribution >= 0.6 is 32.7 Å². The summed E-state index contributed by atoms with van der Waals surface area (Å²) in [5, 5.41) is 0.194. The van der Waals surface area contributed by atoms with E-state index in [2.05, 4.69) is 145 Å². The van der Waals surface area contributed by atoms with Gasteiger partial charge in [-0.3, -0.25) is 9.98 Å². The first-order valence-corrected chi connectivity index (χ1v) is 17.3. The molecule has 0 aliphatic heterocycles. The first kappa shape index (κ1) is 45.7. The van der Waals surface area contributed by atoms with Crippen LogP contribution < -0.4 is 0 Å². The van der Waals surface area contributed by atoms with Crippen molar-refractivity contribution in [2.45, 2.75) is 88.5 Å². The molecule has 6 heteroatoms. The third-order valence-electron chi connectivity index (χ3n) is 6.20. The molecule has 0 saturated heterocycles. The monoisotopic (exact) mass is 736 g/mol. The first-order valence-electron chi connectivity index (χ1n) is 14.2. The van der Waals surface area contributed by atoms with Gasteiger partial charge in [-0.15, -0.1) is 36.4 Å². The van der Waals surface area contributed by atoms with Crippen LogP contribution in [0, 0.1) is 55.9 Å². The van der Waals surface area contributed by atoms with E-state index in [9.17, 15) is 0 Å². The number of aliphatic imine (C=N–C) groups is 2. The van der Waals surface area contributed by atoms with E-state index in [4.69, 9.17) is 33.2 Å². The minimum absolute atomic E-state index is 0. The molecule has 0 aromatic heterocycles. The van der Waals surface area contributed by atoms with E-state index in [1.165, 1.54) is 44.5 Å². The van der Waals surface area contributed by atoms with Crippen LogP contribution in [-0.4, -0.2) is 16.8 Å². The van der Waals surface area contributed by atoms with Gasteiger partial charge in [-0.2, -0.15) is 0 Å². The van der Waals surface area contributed by atoms with E-state index in [1.807, 2.05) is 13.8 Å². The molecule has 0 N–H and O–H groups in total. The zero-order valence-electron chi connectivity index (χ0n) is 28.2. The zero-order chi connectivity index (χ0) is 32.8. The van der Waals surface area contributed by atoms with Crippen molar-refractivity contribution in [1.29, 1.82) is 0 Å². The van der Waals surface area contributed by atoms with Gasteiger partial charge in [0.25, 0.3) is 0 Å². The first-order chi connectivity index (χ1) is 20.1. The average molecular weight is 739 g/mol. The summed E-state index contributed by atoms with van der Waals surface area (Å²) in [6.07, 6.45) is 2.67. The predicted molar refractivity (Wildman–Crippen MR) is 197 cm³/mol. The molecule has 0 bridgehead atoms. The SMILES string of the molecule is C=C.CC.CCC(=Nc1c(C)cc(C)cc1C)C(CCc1ccc(C)cc1)=Nc1c(C)cc(C)cc1C.ClCCl.[CH3-].[Cl][Pd+]. The molecule has 0 amide bonds. The van der Waals surface area contributed by atoms with E-state index in [-0.39, 0.29) is 12.8 Å². The molecular formula is C37H53Cl3N2Pd. The van der Waals surface area contributed by atoms with Crippen LogP contribution in [0.4, 0.5) is 11.4 Å². The maximum atomic E-state index is 5.26. The fourth-order valence-corrected chi connectivity index (χ4v) is 4.60. The van der Waals surface area contributed by atoms with Crippen molar-refractivity contribution >= 4 is 55.5 Å². The Labute approximate surface area is 289 Å². The molecule has 3 rings (SSSR count). The molecule has 0 aliphatic rings. The third-order valence-corrected chi connectivity index (χ3v) is 6.20. The number of benzene rings is 3. The summed E-state index contributed by atoms with van der Waals surface area (Å²) < 4.78 is 0. The van der Waals surface area contributed by atoms with Crippen LogP contribution in [-0.2, 0) is 24.6 Å². The van der Waals surface area contributed by atoms with Crippen LogP contribution in [0.2, 0.25) is 0 Å². The van der Waals surface area contributed by atoms with Crippen molar-refractivity contribution in [3.05, 3.63) is 114 Å². The number of alkyl halides is 2. The van der Waals surface area contributed by atoms with Gasteiger partial charge in [0, 0.05) is 0 Å². The molecule has 2 nitrogen and oxygen atoms in total. The van der Waals surface area contributed by atoms with Gasteiger partial charge in [0.15, 0.2) is 0 Å². The van der Waals surface area contributed by atoms with E-state index < -0.39 is 0 Å². The summed E-state index contributed by atoms with van der Waals surface area (Å²) in [6.45, 7) is 27.2. The zero-order valence-corrected chi connectivity index (χ0v) is 32.0. The Kier molecular flexibility index (Phi) is 28.3. The van der Waals surface area contributed by atoms with E-state index in [1.54, 1.807) is 0 Å². The van der Waals surface area contributed by atoms with Crippen molar-refractivity contribution in [2.75, 3.05) is 5.34 Å². The summed E-state index contributed by atoms with van der Waals surface area (Å²) in [5.41, 5.74) is 14.4. The van der Waals surface area contributed by atoms with Gasteiger partial charge >= 0.3 is 27.7 Å². The molecule has 0 fully saturated rings. The summed E-state index contributed by atoms with van der Waals surface area (Å²) in [6, 6.07) is 17.7. The Bertz CT molecular complexity index is 1200. The minimum atomic E-state index is 0.